The number of para-hydroxylation sites is 2. The maximum absolute atomic E-state index is 12.1. The van der Waals surface area contributed by atoms with Crippen LogP contribution in [0, 0.1) is 0 Å². The third-order valence-corrected chi connectivity index (χ3v) is 4.46. The minimum Gasteiger partial charge on any atom is -0.452 e. The lowest BCUT2D eigenvalue weighted by Crippen LogP contribution is -2.35. The standard InChI is InChI=1S/C20H17BrN4O4/c21-16-8-4-5-9-17(16)24-18(26)11-22-19(27)13-29-20(28)14-10-23-25(12-14)15-6-2-1-3-7-15/h1-10,12H,11,13H2,(H,22,27)(H,24,26). The van der Waals surface area contributed by atoms with E-state index < -0.39 is 24.4 Å². The highest BCUT2D eigenvalue weighted by Crippen LogP contribution is 2.20. The monoisotopic (exact) mass is 456 g/mol. The highest BCUT2D eigenvalue weighted by Gasteiger charge is 2.14. The Kier molecular flexibility index (Phi) is 6.75. The van der Waals surface area contributed by atoms with Crippen molar-refractivity contribution in [1.82, 2.24) is 15.1 Å². The third-order valence-electron chi connectivity index (χ3n) is 3.77. The Hall–Kier alpha value is -3.46. The molecule has 0 fully saturated rings. The fraction of sp³-hybridized carbons (Fsp3) is 0.100. The first kappa shape index (κ1) is 20.3. The number of halogens is 1. The lowest BCUT2D eigenvalue weighted by atomic mass is 10.3. The van der Waals surface area contributed by atoms with Gasteiger partial charge in [-0.3, -0.25) is 9.59 Å². The van der Waals surface area contributed by atoms with Crippen LogP contribution in [-0.2, 0) is 14.3 Å². The number of nitrogens with zero attached hydrogens (tertiary/aromatic N) is 2. The van der Waals surface area contributed by atoms with E-state index in [-0.39, 0.29) is 12.1 Å². The van der Waals surface area contributed by atoms with Crippen LogP contribution in [0.1, 0.15) is 10.4 Å². The van der Waals surface area contributed by atoms with E-state index in [4.69, 9.17) is 4.74 Å². The van der Waals surface area contributed by atoms with Gasteiger partial charge < -0.3 is 15.4 Å². The topological polar surface area (TPSA) is 102 Å². The van der Waals surface area contributed by atoms with E-state index >= 15 is 0 Å². The van der Waals surface area contributed by atoms with E-state index in [0.717, 1.165) is 10.2 Å². The molecule has 1 aromatic heterocycles. The molecule has 0 atom stereocenters. The van der Waals surface area contributed by atoms with E-state index in [2.05, 4.69) is 31.7 Å². The second kappa shape index (κ2) is 9.65. The molecule has 0 saturated carbocycles. The summed E-state index contributed by atoms with van der Waals surface area (Å²) in [5, 5.41) is 9.15. The van der Waals surface area contributed by atoms with E-state index in [1.165, 1.54) is 17.1 Å². The number of rotatable bonds is 7. The van der Waals surface area contributed by atoms with Gasteiger partial charge in [0.2, 0.25) is 5.91 Å². The van der Waals surface area contributed by atoms with E-state index in [9.17, 15) is 14.4 Å². The number of ether oxygens (including phenoxy) is 1. The number of benzene rings is 2. The maximum Gasteiger partial charge on any atom is 0.341 e. The Morgan fingerprint density at radius 1 is 1.00 bits per heavy atom. The molecule has 0 aliphatic rings. The molecule has 0 aliphatic heterocycles. The number of esters is 1. The molecule has 3 rings (SSSR count). The molecule has 9 heteroatoms. The van der Waals surface area contributed by atoms with Crippen LogP contribution in [0.5, 0.6) is 0 Å². The van der Waals surface area contributed by atoms with E-state index in [1.54, 1.807) is 18.2 Å². The van der Waals surface area contributed by atoms with Crippen LogP contribution in [0.25, 0.3) is 5.69 Å². The molecule has 0 unspecified atom stereocenters. The van der Waals surface area contributed by atoms with Crippen LogP contribution in [-0.4, -0.2) is 40.7 Å². The van der Waals surface area contributed by atoms with Crippen LogP contribution >= 0.6 is 15.9 Å². The first-order chi connectivity index (χ1) is 14.0. The SMILES string of the molecule is O=C(COC(=O)c1cnn(-c2ccccc2)c1)NCC(=O)Nc1ccccc1Br. The van der Waals surface area contributed by atoms with Crippen LogP contribution in [0.3, 0.4) is 0 Å². The molecule has 0 aliphatic carbocycles. The van der Waals surface area contributed by atoms with Crippen molar-refractivity contribution in [2.24, 2.45) is 0 Å². The summed E-state index contributed by atoms with van der Waals surface area (Å²) in [5.74, 6) is -1.67. The zero-order valence-electron chi connectivity index (χ0n) is 15.2. The van der Waals surface area contributed by atoms with Gasteiger partial charge in [-0.1, -0.05) is 30.3 Å². The Bertz CT molecular complexity index is 1020. The van der Waals surface area contributed by atoms with Crippen LogP contribution in [0.15, 0.2) is 71.5 Å². The molecule has 0 saturated heterocycles. The van der Waals surface area contributed by atoms with E-state index in [1.807, 2.05) is 36.4 Å². The molecule has 3 aromatic rings. The van der Waals surface area contributed by atoms with Gasteiger partial charge in [-0.15, -0.1) is 0 Å². The molecule has 2 N–H and O–H groups in total. The molecule has 0 radical (unpaired) electrons. The van der Waals surface area contributed by atoms with Gasteiger partial charge in [-0.2, -0.15) is 5.10 Å². The average Bonchev–Trinajstić information content (AvgIpc) is 3.23. The molecule has 0 bridgehead atoms. The Labute approximate surface area is 175 Å². The van der Waals surface area contributed by atoms with Crippen molar-refractivity contribution in [3.8, 4) is 5.69 Å². The number of nitrogens with one attached hydrogen (secondary N) is 2. The van der Waals surface area contributed by atoms with Gasteiger partial charge in [0.05, 0.1) is 29.7 Å². The Balaban J connectivity index is 1.43. The van der Waals surface area contributed by atoms with Gasteiger partial charge in [0, 0.05) is 10.7 Å². The van der Waals surface area contributed by atoms with Crippen LogP contribution in [0.4, 0.5) is 5.69 Å². The summed E-state index contributed by atoms with van der Waals surface area (Å²) in [6, 6.07) is 16.4. The highest BCUT2D eigenvalue weighted by molar-refractivity contribution is 9.10. The second-order valence-corrected chi connectivity index (χ2v) is 6.74. The predicted molar refractivity (Wildman–Crippen MR) is 110 cm³/mol. The van der Waals surface area contributed by atoms with Crippen molar-refractivity contribution in [3.63, 3.8) is 0 Å². The summed E-state index contributed by atoms with van der Waals surface area (Å²) in [6.07, 6.45) is 2.87. The molecule has 2 aromatic carbocycles. The van der Waals surface area contributed by atoms with Gasteiger partial charge in [-0.25, -0.2) is 9.48 Å². The number of aromatic nitrogens is 2. The number of carbonyl (C=O) groups excluding carboxylic acids is 3. The molecule has 0 spiro atoms. The quantitative estimate of drug-likeness (QED) is 0.531. The largest absolute Gasteiger partial charge is 0.452 e. The lowest BCUT2D eigenvalue weighted by Gasteiger charge is -2.08. The van der Waals surface area contributed by atoms with Gasteiger partial charge in [-0.05, 0) is 40.2 Å². The first-order valence-corrected chi connectivity index (χ1v) is 9.40. The zero-order chi connectivity index (χ0) is 20.6. The van der Waals surface area contributed by atoms with Gasteiger partial charge in [0.1, 0.15) is 0 Å². The first-order valence-electron chi connectivity index (χ1n) is 8.61. The van der Waals surface area contributed by atoms with Crippen LogP contribution in [0.2, 0.25) is 0 Å². The number of amides is 2. The smallest absolute Gasteiger partial charge is 0.341 e. The van der Waals surface area contributed by atoms with Crippen molar-refractivity contribution in [1.29, 1.82) is 0 Å². The Morgan fingerprint density at radius 2 is 1.72 bits per heavy atom. The van der Waals surface area contributed by atoms with Crippen molar-refractivity contribution in [3.05, 3.63) is 77.0 Å². The van der Waals surface area contributed by atoms with Crippen LogP contribution < -0.4 is 10.6 Å². The maximum atomic E-state index is 12.1. The third kappa shape index (κ3) is 5.76. The van der Waals surface area contributed by atoms with Crippen molar-refractivity contribution >= 4 is 39.4 Å². The molecule has 8 nitrogen and oxygen atoms in total. The minimum absolute atomic E-state index is 0.216. The molecular formula is C20H17BrN4O4. The number of carbonyl (C=O) groups is 3. The summed E-state index contributed by atoms with van der Waals surface area (Å²) in [4.78, 5) is 35.8. The van der Waals surface area contributed by atoms with Crippen molar-refractivity contribution in [2.45, 2.75) is 0 Å². The van der Waals surface area contributed by atoms with Gasteiger partial charge >= 0.3 is 5.97 Å². The molecular weight excluding hydrogens is 440 g/mol. The highest BCUT2D eigenvalue weighted by atomic mass is 79.9. The zero-order valence-corrected chi connectivity index (χ0v) is 16.8. The van der Waals surface area contributed by atoms with Crippen molar-refractivity contribution < 1.29 is 19.1 Å². The Morgan fingerprint density at radius 3 is 2.48 bits per heavy atom. The molecule has 1 heterocycles. The lowest BCUT2D eigenvalue weighted by molar-refractivity contribution is -0.126. The van der Waals surface area contributed by atoms with Gasteiger partial charge in [0.15, 0.2) is 6.61 Å². The number of anilines is 1. The predicted octanol–water partition coefficient (Wildman–Crippen LogP) is 2.55. The van der Waals surface area contributed by atoms with Gasteiger partial charge in [0.25, 0.3) is 5.91 Å². The second-order valence-electron chi connectivity index (χ2n) is 5.89. The number of hydrogen-bond acceptors (Lipinski definition) is 5. The normalized spacial score (nSPS) is 10.2. The fourth-order valence-electron chi connectivity index (χ4n) is 2.35. The van der Waals surface area contributed by atoms with E-state index in [0.29, 0.717) is 5.69 Å². The average molecular weight is 457 g/mol. The fourth-order valence-corrected chi connectivity index (χ4v) is 2.74. The number of hydrogen-bond donors (Lipinski definition) is 2. The molecule has 2 amide bonds. The summed E-state index contributed by atoms with van der Waals surface area (Å²) in [7, 11) is 0. The minimum atomic E-state index is -0.681. The summed E-state index contributed by atoms with van der Waals surface area (Å²) >= 11 is 3.32. The molecule has 29 heavy (non-hydrogen) atoms. The molecule has 148 valence electrons. The van der Waals surface area contributed by atoms with Crippen molar-refractivity contribution in [2.75, 3.05) is 18.5 Å². The summed E-state index contributed by atoms with van der Waals surface area (Å²) in [5.41, 5.74) is 1.60. The summed E-state index contributed by atoms with van der Waals surface area (Å²) < 4.78 is 7.22. The summed E-state index contributed by atoms with van der Waals surface area (Å²) in [6.45, 7) is -0.749.